The van der Waals surface area contributed by atoms with Gasteiger partial charge in [-0.3, -0.25) is 4.72 Å². The van der Waals surface area contributed by atoms with E-state index in [-0.39, 0.29) is 6.54 Å². The molecule has 0 aliphatic heterocycles. The van der Waals surface area contributed by atoms with Crippen molar-refractivity contribution in [1.29, 1.82) is 0 Å². The number of hydrogen-bond acceptors (Lipinski definition) is 5. The summed E-state index contributed by atoms with van der Waals surface area (Å²) in [6.45, 7) is 0.248. The molecule has 0 aromatic heterocycles. The molecule has 0 atom stereocenters. The molecule has 2 rings (SSSR count). The Balaban J connectivity index is 2.23. The van der Waals surface area contributed by atoms with Crippen LogP contribution in [0.3, 0.4) is 0 Å². The van der Waals surface area contributed by atoms with Crippen LogP contribution in [0.1, 0.15) is 5.56 Å². The van der Waals surface area contributed by atoms with Crippen LogP contribution < -0.4 is 15.2 Å². The van der Waals surface area contributed by atoms with Gasteiger partial charge in [-0.1, -0.05) is 0 Å². The maximum atomic E-state index is 11.3. The van der Waals surface area contributed by atoms with Crippen LogP contribution in [-0.4, -0.2) is 20.9 Å². The van der Waals surface area contributed by atoms with Crippen molar-refractivity contribution in [2.45, 2.75) is 11.4 Å². The lowest BCUT2D eigenvalue weighted by molar-refractivity contribution is 0.476. The second-order valence-corrected chi connectivity index (χ2v) is 7.31. The minimum atomic E-state index is -3.32. The zero-order valence-corrected chi connectivity index (χ0v) is 14.0. The number of sulfonamides is 1. The Kier molecular flexibility index (Phi) is 5.33. The first-order valence-corrected chi connectivity index (χ1v) is 9.65. The number of thioether (sulfide) groups is 1. The van der Waals surface area contributed by atoms with Crippen LogP contribution in [0.25, 0.3) is 0 Å². The highest BCUT2D eigenvalue weighted by atomic mass is 32.2. The van der Waals surface area contributed by atoms with Gasteiger partial charge in [-0.05, 0) is 48.7 Å². The van der Waals surface area contributed by atoms with Gasteiger partial charge in [0.05, 0.1) is 6.26 Å². The van der Waals surface area contributed by atoms with Crippen LogP contribution >= 0.6 is 11.8 Å². The first-order chi connectivity index (χ1) is 10.4. The normalized spacial score (nSPS) is 11.2. The Morgan fingerprint density at radius 2 is 1.86 bits per heavy atom. The van der Waals surface area contributed by atoms with Gasteiger partial charge in [0, 0.05) is 22.7 Å². The summed E-state index contributed by atoms with van der Waals surface area (Å²) in [4.78, 5) is 1.15. The molecule has 0 amide bonds. The van der Waals surface area contributed by atoms with Gasteiger partial charge >= 0.3 is 0 Å². The summed E-state index contributed by atoms with van der Waals surface area (Å²) in [5.74, 6) is 1.31. The van der Waals surface area contributed by atoms with E-state index in [1.54, 1.807) is 30.0 Å². The number of ether oxygens (including phenoxy) is 1. The van der Waals surface area contributed by atoms with E-state index >= 15 is 0 Å². The van der Waals surface area contributed by atoms with E-state index in [1.807, 2.05) is 30.5 Å². The molecule has 2 aromatic rings. The molecule has 3 N–H and O–H groups in total. The highest BCUT2D eigenvalue weighted by Crippen LogP contribution is 2.29. The van der Waals surface area contributed by atoms with E-state index in [4.69, 9.17) is 10.5 Å². The van der Waals surface area contributed by atoms with E-state index in [0.717, 1.165) is 16.7 Å². The van der Waals surface area contributed by atoms with Gasteiger partial charge in [0.1, 0.15) is 11.5 Å². The van der Waals surface area contributed by atoms with E-state index in [1.165, 1.54) is 0 Å². The molecule has 0 fully saturated rings. The average Bonchev–Trinajstić information content (AvgIpc) is 2.48. The Bertz CT molecular complexity index is 744. The second kappa shape index (κ2) is 7.04. The van der Waals surface area contributed by atoms with Gasteiger partial charge < -0.3 is 10.5 Å². The first kappa shape index (κ1) is 16.7. The number of nitrogens with two attached hydrogens (primary N) is 1. The molecule has 0 heterocycles. The van der Waals surface area contributed by atoms with Crippen LogP contribution in [-0.2, 0) is 16.6 Å². The van der Waals surface area contributed by atoms with Crippen LogP contribution in [0, 0.1) is 0 Å². The molecule has 118 valence electrons. The van der Waals surface area contributed by atoms with E-state index in [9.17, 15) is 8.42 Å². The molecule has 0 aliphatic carbocycles. The molecular formula is C15H18N2O3S2. The third-order valence-corrected chi connectivity index (χ3v) is 4.22. The largest absolute Gasteiger partial charge is 0.457 e. The highest BCUT2D eigenvalue weighted by Gasteiger charge is 2.08. The third kappa shape index (κ3) is 4.66. The molecule has 22 heavy (non-hydrogen) atoms. The highest BCUT2D eigenvalue weighted by molar-refractivity contribution is 7.98. The number of nitrogens with one attached hydrogen (secondary N) is 1. The van der Waals surface area contributed by atoms with Gasteiger partial charge in [0.25, 0.3) is 0 Å². The van der Waals surface area contributed by atoms with Crippen molar-refractivity contribution in [3.05, 3.63) is 48.0 Å². The number of anilines is 1. The van der Waals surface area contributed by atoms with Gasteiger partial charge in [0.15, 0.2) is 0 Å². The van der Waals surface area contributed by atoms with E-state index in [0.29, 0.717) is 17.2 Å². The van der Waals surface area contributed by atoms with Gasteiger partial charge in [0.2, 0.25) is 10.0 Å². The molecule has 0 saturated heterocycles. The van der Waals surface area contributed by atoms with Crippen molar-refractivity contribution in [3.8, 4) is 11.5 Å². The van der Waals surface area contributed by atoms with Crippen LogP contribution in [0.4, 0.5) is 5.69 Å². The molecule has 5 nitrogen and oxygen atoms in total. The minimum absolute atomic E-state index is 0.248. The number of hydrogen-bond donors (Lipinski definition) is 2. The summed E-state index contributed by atoms with van der Waals surface area (Å²) in [6, 6.07) is 12.7. The predicted octanol–water partition coefficient (Wildman–Crippen LogP) is 3.03. The summed E-state index contributed by atoms with van der Waals surface area (Å²) in [5, 5.41) is 0. The molecule has 0 saturated carbocycles. The van der Waals surface area contributed by atoms with Crippen molar-refractivity contribution in [1.82, 2.24) is 0 Å². The molecule has 7 heteroatoms. The lowest BCUT2D eigenvalue weighted by Gasteiger charge is -2.12. The fraction of sp³-hybridized carbons (Fsp3) is 0.200. The number of rotatable bonds is 6. The Morgan fingerprint density at radius 1 is 1.18 bits per heavy atom. The summed E-state index contributed by atoms with van der Waals surface area (Å²) in [5.41, 5.74) is 6.91. The minimum Gasteiger partial charge on any atom is -0.457 e. The average molecular weight is 338 g/mol. The smallest absolute Gasteiger partial charge is 0.229 e. The summed E-state index contributed by atoms with van der Waals surface area (Å²) in [6.07, 6.45) is 3.11. The molecule has 0 aliphatic rings. The topological polar surface area (TPSA) is 81.4 Å². The Morgan fingerprint density at radius 3 is 2.41 bits per heavy atom. The molecule has 0 radical (unpaired) electrons. The second-order valence-electron chi connectivity index (χ2n) is 4.68. The van der Waals surface area contributed by atoms with E-state index < -0.39 is 10.0 Å². The van der Waals surface area contributed by atoms with Gasteiger partial charge in [-0.25, -0.2) is 8.42 Å². The van der Waals surface area contributed by atoms with E-state index in [2.05, 4.69) is 4.72 Å². The monoisotopic (exact) mass is 338 g/mol. The predicted molar refractivity (Wildman–Crippen MR) is 91.1 cm³/mol. The maximum Gasteiger partial charge on any atom is 0.229 e. The zero-order chi connectivity index (χ0) is 16.2. The van der Waals surface area contributed by atoms with Crippen molar-refractivity contribution in [2.24, 2.45) is 5.73 Å². The summed E-state index contributed by atoms with van der Waals surface area (Å²) >= 11 is 1.66. The molecule has 0 spiro atoms. The van der Waals surface area contributed by atoms with Crippen LogP contribution in [0.15, 0.2) is 47.4 Å². The van der Waals surface area contributed by atoms with Crippen LogP contribution in [0.2, 0.25) is 0 Å². The first-order valence-electron chi connectivity index (χ1n) is 6.54. The standard InChI is InChI=1S/C15H18N2O3S2/c1-21-14-6-4-13(5-7-14)20-15-8-3-12(9-11(15)10-16)17-22(2,18)19/h3-9,17H,10,16H2,1-2H3. The lowest BCUT2D eigenvalue weighted by Crippen LogP contribution is -2.10. The van der Waals surface area contributed by atoms with Crippen molar-refractivity contribution in [2.75, 3.05) is 17.2 Å². The van der Waals surface area contributed by atoms with Gasteiger partial charge in [-0.2, -0.15) is 0 Å². The third-order valence-electron chi connectivity index (χ3n) is 2.87. The van der Waals surface area contributed by atoms with Crippen LogP contribution in [0.5, 0.6) is 11.5 Å². The number of benzene rings is 2. The van der Waals surface area contributed by atoms with Crippen molar-refractivity contribution >= 4 is 27.5 Å². The quantitative estimate of drug-likeness (QED) is 0.791. The lowest BCUT2D eigenvalue weighted by atomic mass is 10.2. The Hall–Kier alpha value is -1.70. The van der Waals surface area contributed by atoms with Crippen molar-refractivity contribution < 1.29 is 13.2 Å². The SMILES string of the molecule is CSc1ccc(Oc2ccc(NS(C)(=O)=O)cc2CN)cc1. The molecule has 0 bridgehead atoms. The molecular weight excluding hydrogens is 320 g/mol. The summed E-state index contributed by atoms with van der Waals surface area (Å²) in [7, 11) is -3.32. The maximum absolute atomic E-state index is 11.3. The van der Waals surface area contributed by atoms with Crippen molar-refractivity contribution in [3.63, 3.8) is 0 Å². The summed E-state index contributed by atoms with van der Waals surface area (Å²) < 4.78 is 30.8. The fourth-order valence-corrected chi connectivity index (χ4v) is 2.85. The molecule has 0 unspecified atom stereocenters. The fourth-order valence-electron chi connectivity index (χ4n) is 1.89. The Labute approximate surface area is 134 Å². The molecule has 2 aromatic carbocycles. The van der Waals surface area contributed by atoms with Gasteiger partial charge in [-0.15, -0.1) is 11.8 Å². The zero-order valence-electron chi connectivity index (χ0n) is 12.4.